The van der Waals surface area contributed by atoms with Gasteiger partial charge in [-0.25, -0.2) is 14.0 Å². The predicted molar refractivity (Wildman–Crippen MR) is 281 cm³/mol. The number of para-hydroxylation sites is 3. The highest BCUT2D eigenvalue weighted by molar-refractivity contribution is 6.14. The molecule has 0 radical (unpaired) electrons. The third-order valence-corrected chi connectivity index (χ3v) is 12.2. The first kappa shape index (κ1) is 46.4. The maximum atomic E-state index is 14.2. The second-order valence-electron chi connectivity index (χ2n) is 16.9. The van der Waals surface area contributed by atoms with Crippen LogP contribution in [0.1, 0.15) is 50.5 Å². The van der Waals surface area contributed by atoms with Crippen molar-refractivity contribution in [2.75, 3.05) is 39.3 Å². The van der Waals surface area contributed by atoms with Gasteiger partial charge < -0.3 is 0 Å². The highest BCUT2D eigenvalue weighted by Crippen LogP contribution is 2.17. The van der Waals surface area contributed by atoms with E-state index in [1.807, 2.05) is 203 Å². The van der Waals surface area contributed by atoms with E-state index in [1.54, 1.807) is 14.0 Å². The zero-order valence-corrected chi connectivity index (χ0v) is 39.4. The quantitative estimate of drug-likeness (QED) is 0.0742. The van der Waals surface area contributed by atoms with Gasteiger partial charge in [0.1, 0.15) is 0 Å². The summed E-state index contributed by atoms with van der Waals surface area (Å²) >= 11 is 0. The fraction of sp³-hybridized carbons (Fsp3) is 0.158. The average molecular weight is 927 g/mol. The standard InChI is InChI=1S/C57H54N10O3/c1-40-49(55(68)65(61-40)46-28-16-7-17-29-46)52(43-22-10-4-11-23-43)58-34-37-64(38-35-59-53(44-24-12-5-13-25-44)50-41(2)62-66(56(50)69)47-30-18-8-19-31-47)39-36-60-54(45-26-14-6-15-27-45)51-42(3)63-67(57(51)70)48-32-20-9-21-33-48/h4-33,61-63H,34-39H2,1-3H3. The minimum atomic E-state index is -0.188. The van der Waals surface area contributed by atoms with Gasteiger partial charge in [0.25, 0.3) is 16.7 Å². The first-order valence-corrected chi connectivity index (χ1v) is 23.4. The molecule has 350 valence electrons. The first-order chi connectivity index (χ1) is 34.3. The van der Waals surface area contributed by atoms with Crippen LogP contribution in [0.2, 0.25) is 0 Å². The van der Waals surface area contributed by atoms with Crippen molar-refractivity contribution in [2.24, 2.45) is 15.0 Å². The number of aromatic nitrogens is 6. The van der Waals surface area contributed by atoms with Crippen molar-refractivity contribution >= 4 is 17.1 Å². The molecule has 0 spiro atoms. The molecule has 70 heavy (non-hydrogen) atoms. The lowest BCUT2D eigenvalue weighted by molar-refractivity contribution is 0.298. The van der Waals surface area contributed by atoms with Crippen LogP contribution in [-0.2, 0) is 0 Å². The van der Waals surface area contributed by atoms with Crippen LogP contribution in [0, 0.1) is 20.8 Å². The van der Waals surface area contributed by atoms with Crippen LogP contribution in [0.3, 0.4) is 0 Å². The lowest BCUT2D eigenvalue weighted by atomic mass is 10.0. The number of benzene rings is 6. The molecule has 0 unspecified atom stereocenters. The number of aryl methyl sites for hydroxylation is 3. The smallest absolute Gasteiger partial charge is 0.280 e. The molecule has 9 rings (SSSR count). The van der Waals surface area contributed by atoms with Crippen molar-refractivity contribution in [1.29, 1.82) is 0 Å². The normalized spacial score (nSPS) is 12.3. The number of hydrogen-bond donors (Lipinski definition) is 3. The molecule has 0 atom stereocenters. The molecule has 13 nitrogen and oxygen atoms in total. The van der Waals surface area contributed by atoms with Gasteiger partial charge in [0.15, 0.2) is 0 Å². The molecule has 0 fully saturated rings. The molecule has 3 N–H and O–H groups in total. The van der Waals surface area contributed by atoms with Crippen molar-refractivity contribution in [3.05, 3.63) is 264 Å². The summed E-state index contributed by atoms with van der Waals surface area (Å²) in [6.45, 7) is 8.21. The highest BCUT2D eigenvalue weighted by Gasteiger charge is 2.23. The van der Waals surface area contributed by atoms with E-state index in [-0.39, 0.29) is 16.7 Å². The van der Waals surface area contributed by atoms with Gasteiger partial charge in [0.2, 0.25) is 0 Å². The molecule has 0 aliphatic carbocycles. The zero-order chi connectivity index (χ0) is 48.4. The van der Waals surface area contributed by atoms with E-state index in [0.717, 1.165) is 33.8 Å². The Hall–Kier alpha value is -8.68. The summed E-state index contributed by atoms with van der Waals surface area (Å²) < 4.78 is 4.67. The molecular formula is C57H54N10O3. The summed E-state index contributed by atoms with van der Waals surface area (Å²) in [6.07, 6.45) is 0. The second kappa shape index (κ2) is 21.5. The second-order valence-corrected chi connectivity index (χ2v) is 16.9. The van der Waals surface area contributed by atoms with Crippen LogP contribution in [0.5, 0.6) is 0 Å². The molecule has 0 aliphatic heterocycles. The number of aromatic amines is 3. The zero-order valence-electron chi connectivity index (χ0n) is 39.4. The summed E-state index contributed by atoms with van der Waals surface area (Å²) in [5, 5.41) is 9.83. The van der Waals surface area contributed by atoms with Gasteiger partial charge in [0.05, 0.1) is 70.5 Å². The van der Waals surface area contributed by atoms with E-state index in [9.17, 15) is 14.4 Å². The van der Waals surface area contributed by atoms with Gasteiger partial charge in [-0.1, -0.05) is 146 Å². The van der Waals surface area contributed by atoms with Crippen LogP contribution in [0.15, 0.2) is 211 Å². The molecule has 0 aliphatic rings. The number of nitrogens with one attached hydrogen (secondary N) is 3. The highest BCUT2D eigenvalue weighted by atomic mass is 16.1. The Labute approximate surface area is 405 Å². The topological polar surface area (TPSA) is 154 Å². The Kier molecular flexibility index (Phi) is 14.3. The van der Waals surface area contributed by atoms with E-state index >= 15 is 0 Å². The summed E-state index contributed by atoms with van der Waals surface area (Å²) in [5.41, 5.74) is 9.52. The monoisotopic (exact) mass is 926 g/mol. The van der Waals surface area contributed by atoms with E-state index < -0.39 is 0 Å². The van der Waals surface area contributed by atoms with Crippen LogP contribution in [0.25, 0.3) is 17.1 Å². The van der Waals surface area contributed by atoms with Gasteiger partial charge in [0, 0.05) is 53.4 Å². The SMILES string of the molecule is Cc1[nH]n(-c2ccccc2)c(=O)c1C(=NCCN(CCN=C(c1ccccc1)c1c(C)[nH]n(-c2ccccc2)c1=O)CCN=C(c1ccccc1)c1c(C)[nH]n(-c2ccccc2)c1=O)c1ccccc1. The predicted octanol–water partition coefficient (Wildman–Crippen LogP) is 8.26. The Bertz CT molecular complexity index is 3090. The maximum Gasteiger partial charge on any atom is 0.280 e. The Morgan fingerprint density at radius 3 is 0.843 bits per heavy atom. The van der Waals surface area contributed by atoms with E-state index in [4.69, 9.17) is 15.0 Å². The first-order valence-electron chi connectivity index (χ1n) is 23.4. The lowest BCUT2D eigenvalue weighted by Crippen LogP contribution is -2.33. The maximum absolute atomic E-state index is 14.2. The third-order valence-electron chi connectivity index (χ3n) is 12.2. The number of H-pyrrole nitrogens is 3. The molecule has 9 aromatic rings. The van der Waals surface area contributed by atoms with Crippen LogP contribution in [-0.4, -0.2) is 90.6 Å². The van der Waals surface area contributed by atoms with Gasteiger partial charge >= 0.3 is 0 Å². The van der Waals surface area contributed by atoms with Gasteiger partial charge in [-0.2, -0.15) is 0 Å². The van der Waals surface area contributed by atoms with Crippen LogP contribution < -0.4 is 16.7 Å². The number of hydrogen-bond acceptors (Lipinski definition) is 7. The summed E-state index contributed by atoms with van der Waals surface area (Å²) in [6, 6.07) is 57.8. The largest absolute Gasteiger partial charge is 0.298 e. The number of rotatable bonds is 18. The third kappa shape index (κ3) is 10.1. The minimum Gasteiger partial charge on any atom is -0.298 e. The van der Waals surface area contributed by atoms with Gasteiger partial charge in [-0.3, -0.25) is 49.6 Å². The van der Waals surface area contributed by atoms with Crippen molar-refractivity contribution < 1.29 is 0 Å². The van der Waals surface area contributed by atoms with Crippen LogP contribution >= 0.6 is 0 Å². The van der Waals surface area contributed by atoms with E-state index in [0.29, 0.717) is 90.2 Å². The van der Waals surface area contributed by atoms with Crippen molar-refractivity contribution in [3.8, 4) is 17.1 Å². The van der Waals surface area contributed by atoms with Crippen molar-refractivity contribution in [1.82, 2.24) is 34.2 Å². The van der Waals surface area contributed by atoms with Crippen molar-refractivity contribution in [3.63, 3.8) is 0 Å². The summed E-state index contributed by atoms with van der Waals surface area (Å²) in [4.78, 5) is 60.4. The molecular weight excluding hydrogens is 873 g/mol. The molecule has 6 aromatic carbocycles. The fourth-order valence-corrected chi connectivity index (χ4v) is 8.73. The van der Waals surface area contributed by atoms with Gasteiger partial charge in [-0.15, -0.1) is 0 Å². The summed E-state index contributed by atoms with van der Waals surface area (Å²) in [7, 11) is 0. The van der Waals surface area contributed by atoms with E-state index in [1.165, 1.54) is 0 Å². The van der Waals surface area contributed by atoms with E-state index in [2.05, 4.69) is 20.2 Å². The van der Waals surface area contributed by atoms with Crippen molar-refractivity contribution in [2.45, 2.75) is 20.8 Å². The molecule has 3 aromatic heterocycles. The molecule has 0 saturated carbocycles. The Morgan fingerprint density at radius 2 is 0.600 bits per heavy atom. The Balaban J connectivity index is 1.07. The average Bonchev–Trinajstić information content (AvgIpc) is 3.99. The van der Waals surface area contributed by atoms with Gasteiger partial charge in [-0.05, 0) is 57.2 Å². The molecule has 13 heteroatoms. The lowest BCUT2D eigenvalue weighted by Gasteiger charge is -2.20. The summed E-state index contributed by atoms with van der Waals surface area (Å²) in [5.74, 6) is 0. The van der Waals surface area contributed by atoms with Crippen LogP contribution in [0.4, 0.5) is 0 Å². The Morgan fingerprint density at radius 1 is 0.371 bits per heavy atom. The molecule has 0 bridgehead atoms. The molecule has 3 heterocycles. The minimum absolute atomic E-state index is 0.188. The molecule has 0 saturated heterocycles. The molecule has 0 amide bonds. The number of nitrogens with zero attached hydrogens (tertiary/aromatic N) is 7. The number of aliphatic imine (C=N–C) groups is 3. The fourth-order valence-electron chi connectivity index (χ4n) is 8.73.